The molecule has 0 atom stereocenters. The van der Waals surface area contributed by atoms with Gasteiger partial charge in [-0.05, 0) is 72.7 Å². The summed E-state index contributed by atoms with van der Waals surface area (Å²) in [6, 6.07) is 28.7. The molecule has 0 aromatic heterocycles. The third-order valence-corrected chi connectivity index (χ3v) is 7.38. The van der Waals surface area contributed by atoms with Crippen LogP contribution in [0.25, 0.3) is 5.57 Å². The van der Waals surface area contributed by atoms with Gasteiger partial charge in [0.1, 0.15) is 0 Å². The van der Waals surface area contributed by atoms with Crippen molar-refractivity contribution in [1.29, 1.82) is 0 Å². The highest BCUT2D eigenvalue weighted by Crippen LogP contribution is 2.45. The van der Waals surface area contributed by atoms with Crippen molar-refractivity contribution < 1.29 is 0 Å². The summed E-state index contributed by atoms with van der Waals surface area (Å²) in [6.07, 6.45) is 6.14. The van der Waals surface area contributed by atoms with Crippen molar-refractivity contribution >= 4 is 29.7 Å². The number of benzene rings is 3. The Morgan fingerprint density at radius 2 is 1.33 bits per heavy atom. The predicted molar refractivity (Wildman–Crippen MR) is 131 cm³/mol. The Bertz CT molecular complexity index is 959. The topological polar surface area (TPSA) is 3.24 Å². The number of halogens is 1. The average molecular weight is 434 g/mol. The van der Waals surface area contributed by atoms with E-state index in [4.69, 9.17) is 0 Å². The molecule has 1 nitrogen and oxygen atoms in total. The van der Waals surface area contributed by atoms with E-state index in [1.807, 2.05) is 11.8 Å². The number of nitrogens with zero attached hydrogens (tertiary/aromatic N) is 1. The molecule has 30 heavy (non-hydrogen) atoms. The van der Waals surface area contributed by atoms with Crippen LogP contribution >= 0.6 is 24.2 Å². The molecule has 3 aromatic rings. The number of hydrogen-bond acceptors (Lipinski definition) is 2. The van der Waals surface area contributed by atoms with E-state index in [9.17, 15) is 0 Å². The average Bonchev–Trinajstić information content (AvgIpc) is 2.79. The Morgan fingerprint density at radius 3 is 1.97 bits per heavy atom. The van der Waals surface area contributed by atoms with Gasteiger partial charge in [-0.15, -0.1) is 12.4 Å². The minimum atomic E-state index is 0. The molecule has 0 N–H and O–H groups in total. The van der Waals surface area contributed by atoms with E-state index in [1.54, 1.807) is 0 Å². The van der Waals surface area contributed by atoms with Gasteiger partial charge in [-0.1, -0.05) is 84.6 Å². The zero-order valence-electron chi connectivity index (χ0n) is 17.2. The van der Waals surface area contributed by atoms with Crippen LogP contribution in [0.5, 0.6) is 0 Å². The molecule has 0 saturated carbocycles. The normalized spacial score (nSPS) is 16.3. The highest BCUT2D eigenvalue weighted by Gasteiger charge is 2.21. The first-order valence-electron chi connectivity index (χ1n) is 10.7. The first-order valence-corrected chi connectivity index (χ1v) is 11.5. The predicted octanol–water partition coefficient (Wildman–Crippen LogP) is 7.27. The monoisotopic (exact) mass is 433 g/mol. The zero-order chi connectivity index (χ0) is 19.5. The molecule has 0 radical (unpaired) electrons. The fraction of sp³-hybridized carbons (Fsp3) is 0.259. The van der Waals surface area contributed by atoms with Crippen LogP contribution < -0.4 is 0 Å². The quantitative estimate of drug-likeness (QED) is 0.332. The van der Waals surface area contributed by atoms with Crippen LogP contribution in [0.3, 0.4) is 0 Å². The maximum absolute atomic E-state index is 2.64. The molecule has 0 amide bonds. The van der Waals surface area contributed by atoms with Crippen molar-refractivity contribution in [3.63, 3.8) is 0 Å². The van der Waals surface area contributed by atoms with Crippen LogP contribution in [0.2, 0.25) is 0 Å². The molecule has 1 saturated heterocycles. The minimum Gasteiger partial charge on any atom is -0.303 e. The summed E-state index contributed by atoms with van der Waals surface area (Å²) in [4.78, 5) is 5.40. The van der Waals surface area contributed by atoms with Crippen LogP contribution in [0.4, 0.5) is 0 Å². The van der Waals surface area contributed by atoms with E-state index in [1.165, 1.54) is 58.0 Å². The van der Waals surface area contributed by atoms with Crippen LogP contribution in [-0.2, 0) is 0 Å². The van der Waals surface area contributed by atoms with Gasteiger partial charge in [-0.25, -0.2) is 0 Å². The molecule has 154 valence electrons. The lowest BCUT2D eigenvalue weighted by Crippen LogP contribution is -2.33. The molecule has 0 bridgehead atoms. The Labute approximate surface area is 190 Å². The lowest BCUT2D eigenvalue weighted by Gasteiger charge is -2.32. The Morgan fingerprint density at radius 1 is 0.767 bits per heavy atom. The van der Waals surface area contributed by atoms with Gasteiger partial charge < -0.3 is 4.90 Å². The second-order valence-electron chi connectivity index (χ2n) is 8.03. The van der Waals surface area contributed by atoms with Crippen molar-refractivity contribution in [3.8, 4) is 0 Å². The maximum atomic E-state index is 2.64. The minimum absolute atomic E-state index is 0. The molecule has 2 aliphatic heterocycles. The van der Waals surface area contributed by atoms with Gasteiger partial charge >= 0.3 is 0 Å². The van der Waals surface area contributed by atoms with Crippen LogP contribution in [0.1, 0.15) is 41.9 Å². The molecule has 5 rings (SSSR count). The highest BCUT2D eigenvalue weighted by atomic mass is 35.5. The number of fused-ring (bicyclic) bond motifs is 2. The second-order valence-corrected chi connectivity index (χ2v) is 9.11. The van der Waals surface area contributed by atoms with E-state index in [2.05, 4.69) is 89.8 Å². The number of rotatable bonds is 4. The molecular weight excluding hydrogens is 406 g/mol. The van der Waals surface area contributed by atoms with Gasteiger partial charge in [-0.3, -0.25) is 0 Å². The summed E-state index contributed by atoms with van der Waals surface area (Å²) in [5, 5.41) is 0. The molecule has 1 fully saturated rings. The fourth-order valence-electron chi connectivity index (χ4n) is 4.65. The first-order chi connectivity index (χ1) is 14.4. The Hall–Kier alpha value is -2.00. The van der Waals surface area contributed by atoms with E-state index >= 15 is 0 Å². The van der Waals surface area contributed by atoms with Crippen molar-refractivity contribution in [3.05, 3.63) is 102 Å². The van der Waals surface area contributed by atoms with Gasteiger partial charge in [0, 0.05) is 16.3 Å². The van der Waals surface area contributed by atoms with Gasteiger partial charge in [0.05, 0.1) is 0 Å². The van der Waals surface area contributed by atoms with Crippen molar-refractivity contribution in [1.82, 2.24) is 4.90 Å². The fourth-order valence-corrected chi connectivity index (χ4v) is 5.75. The third kappa shape index (κ3) is 4.51. The van der Waals surface area contributed by atoms with Crippen molar-refractivity contribution in [2.24, 2.45) is 0 Å². The van der Waals surface area contributed by atoms with Gasteiger partial charge in [0.2, 0.25) is 0 Å². The van der Waals surface area contributed by atoms with Gasteiger partial charge in [0.25, 0.3) is 0 Å². The Balaban J connectivity index is 0.00000218. The summed E-state index contributed by atoms with van der Waals surface area (Å²) < 4.78 is 0. The summed E-state index contributed by atoms with van der Waals surface area (Å²) >= 11 is 1.89. The number of hydrogen-bond donors (Lipinski definition) is 0. The van der Waals surface area contributed by atoms with Gasteiger partial charge in [0.15, 0.2) is 0 Å². The molecule has 2 heterocycles. The number of piperidine rings is 1. The largest absolute Gasteiger partial charge is 0.303 e. The van der Waals surface area contributed by atoms with Crippen LogP contribution in [0, 0.1) is 0 Å². The smallest absolute Gasteiger partial charge is 0.0201 e. The maximum Gasteiger partial charge on any atom is 0.0201 e. The first kappa shape index (κ1) is 21.2. The van der Waals surface area contributed by atoms with E-state index in [0.717, 1.165) is 18.9 Å². The molecular formula is C27H28ClNS. The second kappa shape index (κ2) is 9.87. The third-order valence-electron chi connectivity index (χ3n) is 6.23. The van der Waals surface area contributed by atoms with Crippen LogP contribution in [-0.4, -0.2) is 24.5 Å². The summed E-state index contributed by atoms with van der Waals surface area (Å²) in [5.74, 6) is 0.736. The molecule has 0 aliphatic carbocycles. The summed E-state index contributed by atoms with van der Waals surface area (Å²) in [7, 11) is 0. The van der Waals surface area contributed by atoms with Crippen molar-refractivity contribution in [2.75, 3.05) is 19.6 Å². The van der Waals surface area contributed by atoms with Crippen LogP contribution in [0.15, 0.2) is 94.7 Å². The SMILES string of the molecule is C(CCN1CCC(c2ccccc2)CC1)=C1c2ccccc2Sc2ccccc21.Cl. The zero-order valence-corrected chi connectivity index (χ0v) is 18.8. The lowest BCUT2D eigenvalue weighted by molar-refractivity contribution is 0.216. The lowest BCUT2D eigenvalue weighted by atomic mass is 9.89. The highest BCUT2D eigenvalue weighted by molar-refractivity contribution is 7.99. The summed E-state index contributed by atoms with van der Waals surface area (Å²) in [6.45, 7) is 3.58. The van der Waals surface area contributed by atoms with E-state index < -0.39 is 0 Å². The number of likely N-dealkylation sites (tertiary alicyclic amines) is 1. The summed E-state index contributed by atoms with van der Waals surface area (Å²) in [5.41, 5.74) is 5.70. The van der Waals surface area contributed by atoms with E-state index in [0.29, 0.717) is 0 Å². The molecule has 3 heteroatoms. The Kier molecular flexibility index (Phi) is 6.99. The molecule has 3 aromatic carbocycles. The molecule has 2 aliphatic rings. The molecule has 0 unspecified atom stereocenters. The standard InChI is InChI=1S/C27H27NS.ClH/c1-2-9-21(10-3-1)22-16-19-28(20-17-22)18-8-13-23-24-11-4-6-14-26(24)29-27-15-7-5-12-25(23)27;/h1-7,9-15,22H,8,16-20H2;1H. The molecule has 0 spiro atoms. The van der Waals surface area contributed by atoms with E-state index in [-0.39, 0.29) is 12.4 Å². The van der Waals surface area contributed by atoms with Crippen molar-refractivity contribution in [2.45, 2.75) is 35.0 Å². The van der Waals surface area contributed by atoms with Gasteiger partial charge in [-0.2, -0.15) is 0 Å².